The average Bonchev–Trinajstić information content (AvgIpc) is 2.02. The SMILES string of the molecule is CCC(SCC(O)CO)S(=O)(=O)[O-].[Na+]. The van der Waals surface area contributed by atoms with Crippen molar-refractivity contribution >= 4 is 21.9 Å². The Kier molecular flexibility index (Phi) is 10.5. The van der Waals surface area contributed by atoms with Crippen molar-refractivity contribution in [1.29, 1.82) is 0 Å². The van der Waals surface area contributed by atoms with Gasteiger partial charge >= 0.3 is 29.6 Å². The smallest absolute Gasteiger partial charge is 0.747 e. The third-order valence-corrected chi connectivity index (χ3v) is 4.72. The molecule has 5 nitrogen and oxygen atoms in total. The Labute approximate surface area is 110 Å². The van der Waals surface area contributed by atoms with Crippen molar-refractivity contribution in [3.8, 4) is 0 Å². The van der Waals surface area contributed by atoms with E-state index < -0.39 is 27.4 Å². The van der Waals surface area contributed by atoms with E-state index in [2.05, 4.69) is 0 Å². The van der Waals surface area contributed by atoms with Gasteiger partial charge in [-0.3, -0.25) is 0 Å². The predicted molar refractivity (Wildman–Crippen MR) is 49.3 cm³/mol. The topological polar surface area (TPSA) is 97.7 Å². The molecule has 0 aliphatic rings. The summed E-state index contributed by atoms with van der Waals surface area (Å²) >= 11 is 0.851. The van der Waals surface area contributed by atoms with Gasteiger partial charge in [-0.05, 0) is 6.42 Å². The minimum absolute atomic E-state index is 0. The van der Waals surface area contributed by atoms with Gasteiger partial charge in [0.2, 0.25) is 0 Å². The van der Waals surface area contributed by atoms with Crippen LogP contribution in [0.25, 0.3) is 0 Å². The fourth-order valence-electron chi connectivity index (χ4n) is 0.676. The van der Waals surface area contributed by atoms with Crippen molar-refractivity contribution < 1.29 is 52.7 Å². The molecule has 0 aromatic rings. The second kappa shape index (κ2) is 8.35. The normalized spacial score (nSPS) is 15.7. The van der Waals surface area contributed by atoms with Crippen molar-refractivity contribution in [2.75, 3.05) is 12.4 Å². The molecule has 0 radical (unpaired) electrons. The second-order valence-corrected chi connectivity index (χ2v) is 5.59. The molecule has 0 fully saturated rings. The Morgan fingerprint density at radius 1 is 1.50 bits per heavy atom. The van der Waals surface area contributed by atoms with Crippen LogP contribution < -0.4 is 29.6 Å². The molecule has 14 heavy (non-hydrogen) atoms. The molecule has 2 atom stereocenters. The standard InChI is InChI=1S/C6H14O5S2.Na/c1-2-6(13(9,10)11)12-4-5(8)3-7;/h5-8H,2-4H2,1H3,(H,9,10,11);/q;+1/p-1. The van der Waals surface area contributed by atoms with Gasteiger partial charge in [-0.15, -0.1) is 11.8 Å². The fourth-order valence-corrected chi connectivity index (χ4v) is 2.76. The van der Waals surface area contributed by atoms with Gasteiger partial charge in [-0.2, -0.15) is 0 Å². The van der Waals surface area contributed by atoms with Gasteiger partial charge < -0.3 is 14.8 Å². The van der Waals surface area contributed by atoms with Gasteiger partial charge in [-0.25, -0.2) is 8.42 Å². The van der Waals surface area contributed by atoms with E-state index >= 15 is 0 Å². The van der Waals surface area contributed by atoms with E-state index in [4.69, 9.17) is 10.2 Å². The number of hydrogen-bond donors (Lipinski definition) is 2. The molecule has 0 aromatic carbocycles. The van der Waals surface area contributed by atoms with Crippen LogP contribution in [0.1, 0.15) is 13.3 Å². The molecular formula is C6H13NaO5S2. The van der Waals surface area contributed by atoms with Gasteiger partial charge in [0.25, 0.3) is 0 Å². The summed E-state index contributed by atoms with van der Waals surface area (Å²) in [5, 5.41) is 17.3. The molecule has 0 aliphatic carbocycles. The molecule has 80 valence electrons. The molecule has 0 saturated carbocycles. The van der Waals surface area contributed by atoms with E-state index in [9.17, 15) is 13.0 Å². The number of aliphatic hydroxyl groups excluding tert-OH is 2. The van der Waals surface area contributed by atoms with E-state index in [1.165, 1.54) is 0 Å². The summed E-state index contributed by atoms with van der Waals surface area (Å²) in [4.78, 5) is 0. The van der Waals surface area contributed by atoms with Crippen molar-refractivity contribution in [3.05, 3.63) is 0 Å². The Balaban J connectivity index is 0. The van der Waals surface area contributed by atoms with E-state index in [0.29, 0.717) is 0 Å². The zero-order valence-electron chi connectivity index (χ0n) is 8.21. The van der Waals surface area contributed by atoms with Crippen LogP contribution in [0.4, 0.5) is 0 Å². The van der Waals surface area contributed by atoms with E-state index in [0.717, 1.165) is 11.8 Å². The van der Waals surface area contributed by atoms with E-state index in [-0.39, 0.29) is 41.7 Å². The molecule has 0 spiro atoms. The first kappa shape index (κ1) is 17.6. The van der Waals surface area contributed by atoms with Crippen LogP contribution in [-0.4, -0.2) is 46.2 Å². The van der Waals surface area contributed by atoms with Gasteiger partial charge in [0.1, 0.15) is 10.1 Å². The van der Waals surface area contributed by atoms with Crippen molar-refractivity contribution in [2.24, 2.45) is 0 Å². The molecule has 0 bridgehead atoms. The summed E-state index contributed by atoms with van der Waals surface area (Å²) < 4.78 is 30.6. The largest absolute Gasteiger partial charge is 1.00 e. The average molecular weight is 252 g/mol. The molecule has 0 aromatic heterocycles. The first-order chi connectivity index (χ1) is 5.91. The van der Waals surface area contributed by atoms with Crippen LogP contribution in [0.5, 0.6) is 0 Å². The fraction of sp³-hybridized carbons (Fsp3) is 1.00. The minimum Gasteiger partial charge on any atom is -0.747 e. The van der Waals surface area contributed by atoms with Gasteiger partial charge in [-0.1, -0.05) is 6.92 Å². The van der Waals surface area contributed by atoms with Gasteiger partial charge in [0.05, 0.1) is 17.3 Å². The van der Waals surface area contributed by atoms with E-state index in [1.807, 2.05) is 0 Å². The third kappa shape index (κ3) is 7.47. The summed E-state index contributed by atoms with van der Waals surface area (Å²) in [5.41, 5.74) is 0. The summed E-state index contributed by atoms with van der Waals surface area (Å²) in [5.74, 6) is 0.0521. The molecule has 0 amide bonds. The summed E-state index contributed by atoms with van der Waals surface area (Å²) in [6.07, 6.45) is -0.768. The Bertz CT molecular complexity index is 230. The Morgan fingerprint density at radius 3 is 2.29 bits per heavy atom. The van der Waals surface area contributed by atoms with Gasteiger partial charge in [0, 0.05) is 5.75 Å². The van der Waals surface area contributed by atoms with Crippen LogP contribution >= 0.6 is 11.8 Å². The Morgan fingerprint density at radius 2 is 2.00 bits per heavy atom. The first-order valence-corrected chi connectivity index (χ1v) is 6.29. The van der Waals surface area contributed by atoms with Crippen molar-refractivity contribution in [2.45, 2.75) is 24.0 Å². The first-order valence-electron chi connectivity index (χ1n) is 3.77. The monoisotopic (exact) mass is 252 g/mol. The number of rotatable bonds is 6. The predicted octanol–water partition coefficient (Wildman–Crippen LogP) is -3.64. The van der Waals surface area contributed by atoms with Crippen LogP contribution in [0.2, 0.25) is 0 Å². The Hall–Kier alpha value is 1.18. The van der Waals surface area contributed by atoms with Crippen LogP contribution in [-0.2, 0) is 10.1 Å². The van der Waals surface area contributed by atoms with E-state index in [1.54, 1.807) is 6.92 Å². The number of thioether (sulfide) groups is 1. The van der Waals surface area contributed by atoms with Crippen molar-refractivity contribution in [1.82, 2.24) is 0 Å². The molecule has 0 heterocycles. The minimum atomic E-state index is -4.30. The van der Waals surface area contributed by atoms with Crippen molar-refractivity contribution in [3.63, 3.8) is 0 Å². The molecule has 0 saturated heterocycles. The quantitative estimate of drug-likeness (QED) is 0.374. The molecule has 8 heteroatoms. The molecule has 2 unspecified atom stereocenters. The van der Waals surface area contributed by atoms with Crippen LogP contribution in [0.3, 0.4) is 0 Å². The molecule has 2 N–H and O–H groups in total. The zero-order valence-corrected chi connectivity index (χ0v) is 11.8. The summed E-state index contributed by atoms with van der Waals surface area (Å²) in [7, 11) is -4.30. The third-order valence-electron chi connectivity index (χ3n) is 1.34. The summed E-state index contributed by atoms with van der Waals surface area (Å²) in [6.45, 7) is 1.15. The van der Waals surface area contributed by atoms with Crippen LogP contribution in [0, 0.1) is 0 Å². The summed E-state index contributed by atoms with van der Waals surface area (Å²) in [6, 6.07) is 0. The molecular weight excluding hydrogens is 239 g/mol. The number of hydrogen-bond acceptors (Lipinski definition) is 6. The second-order valence-electron chi connectivity index (χ2n) is 2.50. The maximum absolute atomic E-state index is 10.5. The maximum Gasteiger partial charge on any atom is 1.00 e. The zero-order chi connectivity index (χ0) is 10.5. The maximum atomic E-state index is 10.5. The van der Waals surface area contributed by atoms with Gasteiger partial charge in [0.15, 0.2) is 0 Å². The van der Waals surface area contributed by atoms with Crippen LogP contribution in [0.15, 0.2) is 0 Å². The molecule has 0 aliphatic heterocycles. The molecule has 0 rings (SSSR count). The number of aliphatic hydroxyl groups is 2.